The van der Waals surface area contributed by atoms with Crippen molar-refractivity contribution in [1.29, 1.82) is 0 Å². The molecule has 8 nitrogen and oxygen atoms in total. The van der Waals surface area contributed by atoms with E-state index >= 15 is 0 Å². The lowest BCUT2D eigenvalue weighted by Gasteiger charge is -2.23. The number of aliphatic hydroxyl groups is 1. The van der Waals surface area contributed by atoms with Gasteiger partial charge in [-0.3, -0.25) is 14.5 Å². The molecular formula is C29H24N2O6S. The largest absolute Gasteiger partial charge is 0.507 e. The fourth-order valence-corrected chi connectivity index (χ4v) is 6.03. The summed E-state index contributed by atoms with van der Waals surface area (Å²) in [6.07, 6.45) is 0.724. The van der Waals surface area contributed by atoms with E-state index in [4.69, 9.17) is 14.2 Å². The van der Waals surface area contributed by atoms with Crippen LogP contribution in [0.25, 0.3) is 16.0 Å². The molecule has 1 aromatic heterocycles. The van der Waals surface area contributed by atoms with E-state index in [1.165, 1.54) is 16.2 Å². The summed E-state index contributed by atoms with van der Waals surface area (Å²) in [7, 11) is 3.13. The molecule has 2 atom stereocenters. The van der Waals surface area contributed by atoms with Crippen molar-refractivity contribution in [2.24, 2.45) is 0 Å². The second-order valence-electron chi connectivity index (χ2n) is 9.23. The fraction of sp³-hybridized carbons (Fsp3) is 0.207. The standard InChI is InChI=1S/C29H24N2O6S/c1-15-11-18-12-17(7-10-22(18)37-15)26(32)24-25(16-5-4-6-19(13-16)35-2)31(28(34)27(24)33)29-30-21-9-8-20(36-3)14-23(21)38-29/h4-10,12-15,25,32H,11H2,1-3H3. The summed E-state index contributed by atoms with van der Waals surface area (Å²) in [4.78, 5) is 33.1. The van der Waals surface area contributed by atoms with E-state index in [2.05, 4.69) is 4.98 Å². The van der Waals surface area contributed by atoms with E-state index in [1.54, 1.807) is 62.8 Å². The molecule has 1 fully saturated rings. The summed E-state index contributed by atoms with van der Waals surface area (Å²) in [5, 5.41) is 11.9. The van der Waals surface area contributed by atoms with Crippen molar-refractivity contribution in [2.45, 2.75) is 25.5 Å². The molecule has 38 heavy (non-hydrogen) atoms. The van der Waals surface area contributed by atoms with Crippen molar-refractivity contribution >= 4 is 44.1 Å². The summed E-state index contributed by atoms with van der Waals surface area (Å²) in [5.41, 5.74) is 2.66. The van der Waals surface area contributed by atoms with Gasteiger partial charge < -0.3 is 19.3 Å². The zero-order valence-corrected chi connectivity index (χ0v) is 21.7. The van der Waals surface area contributed by atoms with Gasteiger partial charge in [0.15, 0.2) is 5.13 Å². The number of hydrogen-bond acceptors (Lipinski definition) is 8. The first-order chi connectivity index (χ1) is 18.4. The van der Waals surface area contributed by atoms with Crippen molar-refractivity contribution in [2.75, 3.05) is 19.1 Å². The van der Waals surface area contributed by atoms with Crippen LogP contribution in [-0.2, 0) is 16.0 Å². The first-order valence-electron chi connectivity index (χ1n) is 12.1. The molecule has 0 aliphatic carbocycles. The summed E-state index contributed by atoms with van der Waals surface area (Å²) >= 11 is 1.27. The molecule has 2 aliphatic heterocycles. The Morgan fingerprint density at radius 3 is 2.63 bits per heavy atom. The van der Waals surface area contributed by atoms with Crippen LogP contribution in [0.1, 0.15) is 29.7 Å². The van der Waals surface area contributed by atoms with E-state index < -0.39 is 17.7 Å². The molecule has 3 heterocycles. The van der Waals surface area contributed by atoms with Gasteiger partial charge in [-0.25, -0.2) is 4.98 Å². The Balaban J connectivity index is 1.53. The highest BCUT2D eigenvalue weighted by molar-refractivity contribution is 7.22. The number of fused-ring (bicyclic) bond motifs is 2. The number of aliphatic hydroxyl groups excluding tert-OH is 1. The van der Waals surface area contributed by atoms with Crippen LogP contribution in [-0.4, -0.2) is 42.1 Å². The van der Waals surface area contributed by atoms with Gasteiger partial charge in [-0.05, 0) is 66.6 Å². The highest BCUT2D eigenvalue weighted by Gasteiger charge is 2.48. The topological polar surface area (TPSA) is 98.2 Å². The Morgan fingerprint density at radius 2 is 1.84 bits per heavy atom. The number of carbonyl (C=O) groups excluding carboxylic acids is 2. The predicted octanol–water partition coefficient (Wildman–Crippen LogP) is 5.26. The number of carbonyl (C=O) groups is 2. The van der Waals surface area contributed by atoms with Crippen molar-refractivity contribution in [1.82, 2.24) is 4.98 Å². The Bertz CT molecular complexity index is 1640. The number of aromatic nitrogens is 1. The van der Waals surface area contributed by atoms with Crippen molar-refractivity contribution in [3.63, 3.8) is 0 Å². The van der Waals surface area contributed by atoms with Crippen molar-refractivity contribution < 1.29 is 28.9 Å². The van der Waals surface area contributed by atoms with E-state index in [9.17, 15) is 14.7 Å². The van der Waals surface area contributed by atoms with Crippen LogP contribution in [0, 0.1) is 0 Å². The van der Waals surface area contributed by atoms with Gasteiger partial charge in [0.25, 0.3) is 5.78 Å². The smallest absolute Gasteiger partial charge is 0.301 e. The van der Waals surface area contributed by atoms with Crippen LogP contribution < -0.4 is 19.1 Å². The van der Waals surface area contributed by atoms with Crippen LogP contribution >= 0.6 is 11.3 Å². The SMILES string of the molecule is COc1cccc(C2C(=C(O)c3ccc4c(c3)CC(C)O4)C(=O)C(=O)N2c2nc3ccc(OC)cc3s2)c1. The Kier molecular flexibility index (Phi) is 5.80. The van der Waals surface area contributed by atoms with Gasteiger partial charge >= 0.3 is 5.91 Å². The summed E-state index contributed by atoms with van der Waals surface area (Å²) in [6.45, 7) is 1.97. The predicted molar refractivity (Wildman–Crippen MR) is 144 cm³/mol. The van der Waals surface area contributed by atoms with Crippen LogP contribution in [0.2, 0.25) is 0 Å². The fourth-order valence-electron chi connectivity index (χ4n) is 5.00. The van der Waals surface area contributed by atoms with Gasteiger partial charge in [0, 0.05) is 12.0 Å². The molecule has 1 N–H and O–H groups in total. The van der Waals surface area contributed by atoms with Crippen molar-refractivity contribution in [3.8, 4) is 17.2 Å². The molecule has 0 spiro atoms. The summed E-state index contributed by atoms with van der Waals surface area (Å²) in [5.74, 6) is 0.188. The van der Waals surface area contributed by atoms with Crippen molar-refractivity contribution in [3.05, 3.63) is 82.9 Å². The second-order valence-corrected chi connectivity index (χ2v) is 10.2. The zero-order valence-electron chi connectivity index (χ0n) is 20.9. The van der Waals surface area contributed by atoms with E-state index in [0.717, 1.165) is 16.0 Å². The number of Topliss-reactive ketones (excluding diaryl/α,β-unsaturated/α-hetero) is 1. The third kappa shape index (κ3) is 3.86. The lowest BCUT2D eigenvalue weighted by atomic mass is 9.94. The van der Waals surface area contributed by atoms with Gasteiger partial charge in [0.1, 0.15) is 29.1 Å². The zero-order chi connectivity index (χ0) is 26.6. The minimum Gasteiger partial charge on any atom is -0.507 e. The van der Waals surface area contributed by atoms with Crippen LogP contribution in [0.5, 0.6) is 17.2 Å². The molecule has 4 aromatic rings. The molecule has 9 heteroatoms. The number of methoxy groups -OCH3 is 2. The molecule has 2 aliphatic rings. The van der Waals surface area contributed by atoms with Crippen LogP contribution in [0.3, 0.4) is 0 Å². The lowest BCUT2D eigenvalue weighted by molar-refractivity contribution is -0.132. The molecule has 1 saturated heterocycles. The third-order valence-electron chi connectivity index (χ3n) is 6.81. The number of nitrogens with zero attached hydrogens (tertiary/aromatic N) is 2. The molecule has 3 aromatic carbocycles. The maximum atomic E-state index is 13.5. The first kappa shape index (κ1) is 24.0. The van der Waals surface area contributed by atoms with Gasteiger partial charge in [0.05, 0.1) is 36.1 Å². The van der Waals surface area contributed by atoms with E-state index in [-0.39, 0.29) is 17.4 Å². The monoisotopic (exact) mass is 528 g/mol. The molecule has 6 rings (SSSR count). The average Bonchev–Trinajstić information content (AvgIpc) is 3.59. The molecule has 0 bridgehead atoms. The maximum Gasteiger partial charge on any atom is 0.301 e. The highest BCUT2D eigenvalue weighted by Crippen LogP contribution is 2.45. The van der Waals surface area contributed by atoms with Gasteiger partial charge in [-0.2, -0.15) is 0 Å². The third-order valence-corrected chi connectivity index (χ3v) is 7.83. The number of ketones is 1. The number of hydrogen-bond donors (Lipinski definition) is 1. The second kappa shape index (κ2) is 9.18. The summed E-state index contributed by atoms with van der Waals surface area (Å²) in [6, 6.07) is 16.9. The Hall–Kier alpha value is -4.37. The molecule has 0 radical (unpaired) electrons. The quantitative estimate of drug-likeness (QED) is 0.214. The number of benzene rings is 3. The first-order valence-corrected chi connectivity index (χ1v) is 12.9. The molecule has 2 unspecified atom stereocenters. The minimum absolute atomic E-state index is 0.00740. The van der Waals surface area contributed by atoms with E-state index in [0.29, 0.717) is 39.7 Å². The number of rotatable bonds is 5. The van der Waals surface area contributed by atoms with Gasteiger partial charge in [-0.15, -0.1) is 0 Å². The molecule has 1 amide bonds. The Labute approximate surface area is 222 Å². The number of thiazole rings is 1. The average molecular weight is 529 g/mol. The maximum absolute atomic E-state index is 13.5. The van der Waals surface area contributed by atoms with Gasteiger partial charge in [0.2, 0.25) is 0 Å². The summed E-state index contributed by atoms with van der Waals surface area (Å²) < 4.78 is 17.3. The number of ether oxygens (including phenoxy) is 3. The number of anilines is 1. The molecule has 192 valence electrons. The van der Waals surface area contributed by atoms with Crippen LogP contribution in [0.4, 0.5) is 5.13 Å². The normalized spacial score (nSPS) is 20.0. The highest BCUT2D eigenvalue weighted by atomic mass is 32.1. The lowest BCUT2D eigenvalue weighted by Crippen LogP contribution is -2.29. The van der Waals surface area contributed by atoms with Gasteiger partial charge in [-0.1, -0.05) is 23.5 Å². The molecular weight excluding hydrogens is 504 g/mol. The van der Waals surface area contributed by atoms with E-state index in [1.807, 2.05) is 19.1 Å². The van der Waals surface area contributed by atoms with Crippen LogP contribution in [0.15, 0.2) is 66.2 Å². The molecule has 0 saturated carbocycles. The Morgan fingerprint density at radius 1 is 1.05 bits per heavy atom. The number of amides is 1. The minimum atomic E-state index is -0.906.